The number of benzene rings is 1. The first-order valence-electron chi connectivity index (χ1n) is 7.26. The van der Waals surface area contributed by atoms with E-state index in [-0.39, 0.29) is 24.0 Å². The van der Waals surface area contributed by atoms with Gasteiger partial charge in [0.05, 0.1) is 0 Å². The van der Waals surface area contributed by atoms with E-state index < -0.39 is 0 Å². The molecule has 2 amide bonds. The molecule has 0 atom stereocenters. The second-order valence-corrected chi connectivity index (χ2v) is 5.94. The van der Waals surface area contributed by atoms with Crippen LogP contribution in [-0.2, 0) is 16.0 Å². The molecular weight excluding hydrogens is 268 g/mol. The van der Waals surface area contributed by atoms with Crippen molar-refractivity contribution in [2.24, 2.45) is 0 Å². The summed E-state index contributed by atoms with van der Waals surface area (Å²) in [6.45, 7) is 5.98. The Morgan fingerprint density at radius 3 is 2.86 bits per heavy atom. The molecule has 0 fully saturated rings. The smallest absolute Gasteiger partial charge is 0.258 e. The number of hydrogen-bond acceptors (Lipinski definition) is 3. The summed E-state index contributed by atoms with van der Waals surface area (Å²) in [7, 11) is 0. The van der Waals surface area contributed by atoms with Crippen molar-refractivity contribution in [1.29, 1.82) is 0 Å². The lowest BCUT2D eigenvalue weighted by molar-refractivity contribution is -0.124. The molecule has 1 aromatic carbocycles. The summed E-state index contributed by atoms with van der Waals surface area (Å²) < 4.78 is 5.53. The van der Waals surface area contributed by atoms with Crippen molar-refractivity contribution in [3.8, 4) is 5.75 Å². The highest BCUT2D eigenvalue weighted by Gasteiger charge is 2.18. The number of hydrogen-bond donors (Lipinski definition) is 2. The summed E-state index contributed by atoms with van der Waals surface area (Å²) in [5.41, 5.74) is 1.65. The Bertz CT molecular complexity index is 552. The SMILES string of the molecule is CCC(C)(C)NC(=O)COc1ccc2c(c1)CCC(=O)N2. The van der Waals surface area contributed by atoms with Crippen molar-refractivity contribution in [3.05, 3.63) is 23.8 Å². The molecule has 2 N–H and O–H groups in total. The number of rotatable bonds is 5. The van der Waals surface area contributed by atoms with Gasteiger partial charge in [0.15, 0.2) is 6.61 Å². The highest BCUT2D eigenvalue weighted by atomic mass is 16.5. The first-order valence-corrected chi connectivity index (χ1v) is 7.26. The zero-order valence-electron chi connectivity index (χ0n) is 12.8. The second-order valence-electron chi connectivity index (χ2n) is 5.94. The van der Waals surface area contributed by atoms with Gasteiger partial charge in [-0.1, -0.05) is 6.92 Å². The fourth-order valence-corrected chi connectivity index (χ4v) is 2.10. The molecule has 114 valence electrons. The molecule has 0 aliphatic carbocycles. The second kappa shape index (κ2) is 6.16. The van der Waals surface area contributed by atoms with E-state index in [0.717, 1.165) is 17.7 Å². The van der Waals surface area contributed by atoms with E-state index >= 15 is 0 Å². The third-order valence-corrected chi connectivity index (χ3v) is 3.70. The van der Waals surface area contributed by atoms with Crippen LogP contribution in [0.5, 0.6) is 5.75 Å². The Labute approximate surface area is 125 Å². The van der Waals surface area contributed by atoms with Crippen molar-refractivity contribution in [2.75, 3.05) is 11.9 Å². The van der Waals surface area contributed by atoms with Gasteiger partial charge in [-0.3, -0.25) is 9.59 Å². The molecule has 5 nitrogen and oxygen atoms in total. The number of aryl methyl sites for hydroxylation is 1. The normalized spacial score (nSPS) is 14.1. The number of nitrogens with one attached hydrogen (secondary N) is 2. The quantitative estimate of drug-likeness (QED) is 0.874. The summed E-state index contributed by atoms with van der Waals surface area (Å²) in [6.07, 6.45) is 2.05. The van der Waals surface area contributed by atoms with Crippen molar-refractivity contribution in [3.63, 3.8) is 0 Å². The minimum absolute atomic E-state index is 0.00538. The lowest BCUT2D eigenvalue weighted by Crippen LogP contribution is -2.44. The lowest BCUT2D eigenvalue weighted by Gasteiger charge is -2.24. The van der Waals surface area contributed by atoms with E-state index in [1.807, 2.05) is 32.9 Å². The maximum absolute atomic E-state index is 11.8. The van der Waals surface area contributed by atoms with E-state index in [4.69, 9.17) is 4.74 Å². The minimum atomic E-state index is -0.222. The van der Waals surface area contributed by atoms with Crippen molar-refractivity contribution < 1.29 is 14.3 Å². The van der Waals surface area contributed by atoms with Gasteiger partial charge in [-0.2, -0.15) is 0 Å². The number of amides is 2. The number of fused-ring (bicyclic) bond motifs is 1. The lowest BCUT2D eigenvalue weighted by atomic mass is 10.0. The predicted molar refractivity (Wildman–Crippen MR) is 81.4 cm³/mol. The van der Waals surface area contributed by atoms with Crippen LogP contribution in [-0.4, -0.2) is 24.0 Å². The van der Waals surface area contributed by atoms with Gasteiger partial charge in [0.25, 0.3) is 5.91 Å². The van der Waals surface area contributed by atoms with Crippen LogP contribution < -0.4 is 15.4 Å². The monoisotopic (exact) mass is 290 g/mol. The Balaban J connectivity index is 1.92. The maximum atomic E-state index is 11.8. The Morgan fingerprint density at radius 2 is 2.14 bits per heavy atom. The number of carbonyl (C=O) groups excluding carboxylic acids is 2. The fraction of sp³-hybridized carbons (Fsp3) is 0.500. The zero-order chi connectivity index (χ0) is 15.5. The summed E-state index contributed by atoms with van der Waals surface area (Å²) in [6, 6.07) is 5.46. The third kappa shape index (κ3) is 4.21. The summed E-state index contributed by atoms with van der Waals surface area (Å²) in [5, 5.41) is 5.74. The Hall–Kier alpha value is -2.04. The highest BCUT2D eigenvalue weighted by Crippen LogP contribution is 2.26. The molecule has 0 bridgehead atoms. The summed E-state index contributed by atoms with van der Waals surface area (Å²) >= 11 is 0. The molecule has 21 heavy (non-hydrogen) atoms. The number of anilines is 1. The molecule has 0 saturated heterocycles. The Kier molecular flexibility index (Phi) is 4.50. The maximum Gasteiger partial charge on any atom is 0.258 e. The zero-order valence-corrected chi connectivity index (χ0v) is 12.8. The molecule has 0 spiro atoms. The topological polar surface area (TPSA) is 67.4 Å². The molecule has 1 aromatic rings. The van der Waals surface area contributed by atoms with E-state index in [2.05, 4.69) is 10.6 Å². The fourth-order valence-electron chi connectivity index (χ4n) is 2.10. The summed E-state index contributed by atoms with van der Waals surface area (Å²) in [5.74, 6) is 0.555. The molecule has 1 heterocycles. The first kappa shape index (κ1) is 15.4. The number of carbonyl (C=O) groups is 2. The van der Waals surface area contributed by atoms with Crippen LogP contribution in [0.25, 0.3) is 0 Å². The van der Waals surface area contributed by atoms with Crippen LogP contribution in [0.3, 0.4) is 0 Å². The van der Waals surface area contributed by atoms with Crippen LogP contribution in [0.15, 0.2) is 18.2 Å². The molecule has 0 saturated carbocycles. The van der Waals surface area contributed by atoms with E-state index in [1.54, 1.807) is 6.07 Å². The standard InChI is InChI=1S/C16H22N2O3/c1-4-16(2,3)18-15(20)10-21-12-6-7-13-11(9-12)5-8-14(19)17-13/h6-7,9H,4-5,8,10H2,1-3H3,(H,17,19)(H,18,20). The predicted octanol–water partition coefficient (Wildman–Crippen LogP) is 2.25. The van der Waals surface area contributed by atoms with Gasteiger partial charge in [0.2, 0.25) is 5.91 Å². The molecule has 0 radical (unpaired) electrons. The van der Waals surface area contributed by atoms with Gasteiger partial charge in [0.1, 0.15) is 5.75 Å². The highest BCUT2D eigenvalue weighted by molar-refractivity contribution is 5.94. The third-order valence-electron chi connectivity index (χ3n) is 3.70. The van der Waals surface area contributed by atoms with Gasteiger partial charge in [0, 0.05) is 17.6 Å². The largest absolute Gasteiger partial charge is 0.484 e. The van der Waals surface area contributed by atoms with Gasteiger partial charge in [-0.05, 0) is 50.5 Å². The van der Waals surface area contributed by atoms with Crippen LogP contribution in [0.1, 0.15) is 39.2 Å². The molecule has 2 rings (SSSR count). The molecular formula is C16H22N2O3. The average Bonchev–Trinajstić information content (AvgIpc) is 2.44. The van der Waals surface area contributed by atoms with E-state index in [1.165, 1.54) is 0 Å². The van der Waals surface area contributed by atoms with Crippen molar-refractivity contribution in [2.45, 2.75) is 45.6 Å². The first-order chi connectivity index (χ1) is 9.89. The van der Waals surface area contributed by atoms with Gasteiger partial charge in [-0.15, -0.1) is 0 Å². The van der Waals surface area contributed by atoms with E-state index in [0.29, 0.717) is 18.6 Å². The van der Waals surface area contributed by atoms with Gasteiger partial charge >= 0.3 is 0 Å². The molecule has 1 aliphatic rings. The van der Waals surface area contributed by atoms with Crippen molar-refractivity contribution in [1.82, 2.24) is 5.32 Å². The minimum Gasteiger partial charge on any atom is -0.484 e. The summed E-state index contributed by atoms with van der Waals surface area (Å²) in [4.78, 5) is 23.1. The molecule has 1 aliphatic heterocycles. The van der Waals surface area contributed by atoms with Crippen LogP contribution in [0, 0.1) is 0 Å². The van der Waals surface area contributed by atoms with Crippen LogP contribution in [0.4, 0.5) is 5.69 Å². The Morgan fingerprint density at radius 1 is 1.38 bits per heavy atom. The van der Waals surface area contributed by atoms with Gasteiger partial charge in [-0.25, -0.2) is 0 Å². The average molecular weight is 290 g/mol. The molecule has 5 heteroatoms. The van der Waals surface area contributed by atoms with Crippen LogP contribution in [0.2, 0.25) is 0 Å². The number of ether oxygens (including phenoxy) is 1. The molecule has 0 aromatic heterocycles. The molecule has 0 unspecified atom stereocenters. The van der Waals surface area contributed by atoms with E-state index in [9.17, 15) is 9.59 Å². The van der Waals surface area contributed by atoms with Crippen LogP contribution >= 0.6 is 0 Å². The van der Waals surface area contributed by atoms with Gasteiger partial charge < -0.3 is 15.4 Å². The van der Waals surface area contributed by atoms with Crippen molar-refractivity contribution >= 4 is 17.5 Å².